The average molecular weight is 256 g/mol. The largest absolute Gasteiger partial charge is 0.348 e. The van der Waals surface area contributed by atoms with E-state index in [1.165, 1.54) is 25.5 Å². The lowest BCUT2D eigenvalue weighted by Gasteiger charge is -2.22. The Morgan fingerprint density at radius 3 is 2.88 bits per heavy atom. The minimum Gasteiger partial charge on any atom is -0.348 e. The molecule has 17 heavy (non-hydrogen) atoms. The summed E-state index contributed by atoms with van der Waals surface area (Å²) < 4.78 is 1.64. The van der Waals surface area contributed by atoms with E-state index in [-0.39, 0.29) is 5.91 Å². The maximum absolute atomic E-state index is 12.1. The number of nitrogens with zero attached hydrogens (tertiary/aromatic N) is 2. The summed E-state index contributed by atoms with van der Waals surface area (Å²) in [6, 6.07) is 0.299. The van der Waals surface area contributed by atoms with Crippen LogP contribution in [-0.2, 0) is 6.54 Å². The van der Waals surface area contributed by atoms with E-state index in [0.717, 1.165) is 12.8 Å². The van der Waals surface area contributed by atoms with Crippen LogP contribution in [-0.4, -0.2) is 21.7 Å². The van der Waals surface area contributed by atoms with Crippen molar-refractivity contribution >= 4 is 17.5 Å². The van der Waals surface area contributed by atoms with Gasteiger partial charge in [0.1, 0.15) is 5.69 Å². The fraction of sp³-hybridized carbons (Fsp3) is 0.667. The molecule has 0 saturated heterocycles. The number of carbonyl (C=O) groups excluding carboxylic acids is 1. The number of nitrogens with one attached hydrogen (secondary N) is 1. The Kier molecular flexibility index (Phi) is 4.05. The molecule has 94 valence electrons. The number of aryl methyl sites for hydroxylation is 1. The molecule has 1 N–H and O–H groups in total. The standard InChI is InChI=1S/C12H18ClN3O/c1-2-16-11(10(13)8-14-16)12(17)15-9-6-4-3-5-7-9/h8-9H,2-7H2,1H3,(H,15,17). The van der Waals surface area contributed by atoms with E-state index in [9.17, 15) is 4.79 Å². The average Bonchev–Trinajstić information content (AvgIpc) is 2.71. The Morgan fingerprint density at radius 2 is 2.24 bits per heavy atom. The van der Waals surface area contributed by atoms with Gasteiger partial charge in [-0.25, -0.2) is 0 Å². The van der Waals surface area contributed by atoms with Gasteiger partial charge in [-0.05, 0) is 19.8 Å². The molecule has 5 heteroatoms. The molecule has 1 heterocycles. The van der Waals surface area contributed by atoms with Gasteiger partial charge in [-0.1, -0.05) is 30.9 Å². The Labute approximate surface area is 106 Å². The van der Waals surface area contributed by atoms with E-state index in [1.807, 2.05) is 6.92 Å². The number of hydrogen-bond donors (Lipinski definition) is 1. The van der Waals surface area contributed by atoms with Crippen molar-refractivity contribution < 1.29 is 4.79 Å². The molecule has 0 spiro atoms. The fourth-order valence-electron chi connectivity index (χ4n) is 2.33. The predicted octanol–water partition coefficient (Wildman–Crippen LogP) is 2.62. The highest BCUT2D eigenvalue weighted by atomic mass is 35.5. The van der Waals surface area contributed by atoms with Crippen molar-refractivity contribution in [1.82, 2.24) is 15.1 Å². The summed E-state index contributed by atoms with van der Waals surface area (Å²) in [5.74, 6) is -0.0961. The molecule has 1 aliphatic carbocycles. The van der Waals surface area contributed by atoms with E-state index in [4.69, 9.17) is 11.6 Å². The first kappa shape index (κ1) is 12.4. The van der Waals surface area contributed by atoms with Crippen LogP contribution in [0.1, 0.15) is 49.5 Å². The molecule has 0 bridgehead atoms. The van der Waals surface area contributed by atoms with Gasteiger partial charge >= 0.3 is 0 Å². The number of carbonyl (C=O) groups is 1. The Bertz CT molecular complexity index is 396. The normalized spacial score (nSPS) is 17.1. The molecule has 1 aromatic rings. The maximum atomic E-state index is 12.1. The van der Waals surface area contributed by atoms with Gasteiger partial charge in [0.25, 0.3) is 5.91 Å². The molecule has 1 aliphatic rings. The molecule has 1 saturated carbocycles. The molecular weight excluding hydrogens is 238 g/mol. The van der Waals surface area contributed by atoms with E-state index in [2.05, 4.69) is 10.4 Å². The van der Waals surface area contributed by atoms with Crippen LogP contribution >= 0.6 is 11.6 Å². The molecule has 0 atom stereocenters. The minimum atomic E-state index is -0.0961. The first-order valence-electron chi connectivity index (χ1n) is 6.24. The second kappa shape index (κ2) is 5.54. The molecule has 0 radical (unpaired) electrons. The van der Waals surface area contributed by atoms with E-state index in [0.29, 0.717) is 23.3 Å². The van der Waals surface area contributed by atoms with Crippen LogP contribution in [0.3, 0.4) is 0 Å². The third-order valence-corrected chi connectivity index (χ3v) is 3.53. The van der Waals surface area contributed by atoms with Crippen LogP contribution in [0.2, 0.25) is 5.02 Å². The van der Waals surface area contributed by atoms with Crippen molar-refractivity contribution in [1.29, 1.82) is 0 Å². The van der Waals surface area contributed by atoms with Crippen molar-refractivity contribution in [3.05, 3.63) is 16.9 Å². The molecule has 1 fully saturated rings. The van der Waals surface area contributed by atoms with Crippen LogP contribution in [0.5, 0.6) is 0 Å². The Balaban J connectivity index is 2.05. The van der Waals surface area contributed by atoms with Crippen LogP contribution in [0, 0.1) is 0 Å². The zero-order valence-electron chi connectivity index (χ0n) is 10.1. The molecule has 1 amide bonds. The zero-order valence-corrected chi connectivity index (χ0v) is 10.8. The van der Waals surface area contributed by atoms with Crippen LogP contribution in [0.15, 0.2) is 6.20 Å². The van der Waals surface area contributed by atoms with Gasteiger partial charge in [0.05, 0.1) is 11.2 Å². The van der Waals surface area contributed by atoms with Crippen molar-refractivity contribution in [3.8, 4) is 0 Å². The number of rotatable bonds is 3. The van der Waals surface area contributed by atoms with Gasteiger partial charge in [0.2, 0.25) is 0 Å². The summed E-state index contributed by atoms with van der Waals surface area (Å²) in [7, 11) is 0. The maximum Gasteiger partial charge on any atom is 0.271 e. The van der Waals surface area contributed by atoms with Gasteiger partial charge in [-0.15, -0.1) is 0 Å². The van der Waals surface area contributed by atoms with Crippen molar-refractivity contribution in [2.45, 2.75) is 51.6 Å². The van der Waals surface area contributed by atoms with Crippen LogP contribution in [0.4, 0.5) is 0 Å². The van der Waals surface area contributed by atoms with Gasteiger partial charge in [0.15, 0.2) is 0 Å². The van der Waals surface area contributed by atoms with Gasteiger partial charge in [-0.3, -0.25) is 9.48 Å². The third-order valence-electron chi connectivity index (χ3n) is 3.25. The summed E-state index contributed by atoms with van der Waals surface area (Å²) >= 11 is 5.99. The highest BCUT2D eigenvalue weighted by molar-refractivity contribution is 6.33. The predicted molar refractivity (Wildman–Crippen MR) is 67.3 cm³/mol. The second-order valence-corrected chi connectivity index (χ2v) is 4.87. The summed E-state index contributed by atoms with van der Waals surface area (Å²) in [6.45, 7) is 2.60. The number of aromatic nitrogens is 2. The second-order valence-electron chi connectivity index (χ2n) is 4.47. The van der Waals surface area contributed by atoms with Crippen molar-refractivity contribution in [3.63, 3.8) is 0 Å². The van der Waals surface area contributed by atoms with Crippen molar-refractivity contribution in [2.75, 3.05) is 0 Å². The molecule has 0 aromatic carbocycles. The Morgan fingerprint density at radius 1 is 1.53 bits per heavy atom. The quantitative estimate of drug-likeness (QED) is 0.903. The zero-order chi connectivity index (χ0) is 12.3. The van der Waals surface area contributed by atoms with Gasteiger partial charge < -0.3 is 5.32 Å². The number of hydrogen-bond acceptors (Lipinski definition) is 2. The van der Waals surface area contributed by atoms with Crippen molar-refractivity contribution in [2.24, 2.45) is 0 Å². The summed E-state index contributed by atoms with van der Waals surface area (Å²) in [4.78, 5) is 12.1. The lowest BCUT2D eigenvalue weighted by Crippen LogP contribution is -2.37. The molecule has 1 aromatic heterocycles. The highest BCUT2D eigenvalue weighted by Gasteiger charge is 2.21. The van der Waals surface area contributed by atoms with Crippen LogP contribution < -0.4 is 5.32 Å². The summed E-state index contributed by atoms with van der Waals surface area (Å²) in [6.07, 6.45) is 7.35. The molecule has 4 nitrogen and oxygen atoms in total. The van der Waals surface area contributed by atoms with E-state index >= 15 is 0 Å². The molecule has 0 unspecified atom stereocenters. The van der Waals surface area contributed by atoms with Crippen LogP contribution in [0.25, 0.3) is 0 Å². The molecule has 0 aliphatic heterocycles. The van der Waals surface area contributed by atoms with Gasteiger partial charge in [0, 0.05) is 12.6 Å². The molecular formula is C12H18ClN3O. The lowest BCUT2D eigenvalue weighted by molar-refractivity contribution is 0.0917. The number of halogens is 1. The van der Waals surface area contributed by atoms with E-state index < -0.39 is 0 Å². The Hall–Kier alpha value is -1.03. The molecule has 2 rings (SSSR count). The monoisotopic (exact) mass is 255 g/mol. The fourth-order valence-corrected chi connectivity index (χ4v) is 2.56. The first-order valence-corrected chi connectivity index (χ1v) is 6.62. The first-order chi connectivity index (χ1) is 8.22. The topological polar surface area (TPSA) is 46.9 Å². The number of amides is 1. The lowest BCUT2D eigenvalue weighted by atomic mass is 9.95. The minimum absolute atomic E-state index is 0.0961. The SMILES string of the molecule is CCn1ncc(Cl)c1C(=O)NC1CCCCC1. The summed E-state index contributed by atoms with van der Waals surface area (Å²) in [5, 5.41) is 7.56. The summed E-state index contributed by atoms with van der Waals surface area (Å²) in [5.41, 5.74) is 0.486. The third kappa shape index (κ3) is 2.80. The smallest absolute Gasteiger partial charge is 0.271 e. The van der Waals surface area contributed by atoms with Gasteiger partial charge in [-0.2, -0.15) is 5.10 Å². The van der Waals surface area contributed by atoms with E-state index in [1.54, 1.807) is 4.68 Å². The highest BCUT2D eigenvalue weighted by Crippen LogP contribution is 2.19.